The normalized spacial score (nSPS) is 23.4. The number of para-hydroxylation sites is 2. The number of hydrogen-bond acceptors (Lipinski definition) is 5. The molecule has 39 heavy (non-hydrogen) atoms. The minimum absolute atomic E-state index is 0.0693. The average molecular weight is 522 g/mol. The van der Waals surface area contributed by atoms with Crippen molar-refractivity contribution in [2.45, 2.75) is 37.0 Å². The van der Waals surface area contributed by atoms with Crippen LogP contribution in [0.25, 0.3) is 0 Å². The third kappa shape index (κ3) is 4.46. The molecule has 0 aliphatic carbocycles. The molecule has 2 bridgehead atoms. The van der Waals surface area contributed by atoms with Crippen LogP contribution in [0.3, 0.4) is 0 Å². The van der Waals surface area contributed by atoms with Crippen molar-refractivity contribution in [1.29, 1.82) is 0 Å². The summed E-state index contributed by atoms with van der Waals surface area (Å²) < 4.78 is 0. The number of piperazine rings is 1. The molecular formula is C30H27N5O4. The van der Waals surface area contributed by atoms with Crippen LogP contribution in [0.15, 0.2) is 101 Å². The maximum atomic E-state index is 14.1. The fourth-order valence-corrected chi connectivity index (χ4v) is 5.79. The summed E-state index contributed by atoms with van der Waals surface area (Å²) in [5.41, 5.74) is 2.18. The molecule has 3 amide bonds. The first-order valence-corrected chi connectivity index (χ1v) is 13.0. The molecule has 1 N–H and O–H groups in total. The van der Waals surface area contributed by atoms with Gasteiger partial charge in [-0.05, 0) is 42.7 Å². The summed E-state index contributed by atoms with van der Waals surface area (Å²) in [7, 11) is 0. The standard InChI is InChI=1S/C30H27N5O4/c36-28(27-31-18-24(32-27)20-10-4-1-5-11-20)35-23-16-17-25(35)26(29(37)38)33(19-23)30(39)34(21-12-6-2-7-13-21)22-14-8-3-9-15-22/h1-15,18,23-26H,16-17,19H2,(H,37,38)/t23?,24?,25-,26+/m1/s1. The maximum Gasteiger partial charge on any atom is 0.329 e. The molecule has 2 saturated heterocycles. The highest BCUT2D eigenvalue weighted by Gasteiger charge is 2.54. The largest absolute Gasteiger partial charge is 0.480 e. The molecule has 0 radical (unpaired) electrons. The van der Waals surface area contributed by atoms with E-state index in [1.807, 2.05) is 91.0 Å². The number of aliphatic carboxylic acids is 1. The quantitative estimate of drug-likeness (QED) is 0.540. The second kappa shape index (κ2) is 10.2. The Morgan fingerprint density at radius 2 is 1.41 bits per heavy atom. The number of benzene rings is 3. The van der Waals surface area contributed by atoms with Crippen LogP contribution in [-0.4, -0.2) is 69.5 Å². The Morgan fingerprint density at radius 1 is 0.821 bits per heavy atom. The SMILES string of the molecule is O=C(O)[C@@H]1[C@H]2CCC(CN1C(=O)N(c1ccccc1)c1ccccc1)N2C(=O)C1=NC(c2ccccc2)C=N1. The second-order valence-corrected chi connectivity index (χ2v) is 9.82. The number of urea groups is 1. The second-order valence-electron chi connectivity index (χ2n) is 9.82. The number of fused-ring (bicyclic) bond motifs is 2. The maximum absolute atomic E-state index is 14.1. The minimum Gasteiger partial charge on any atom is -0.480 e. The molecule has 4 atom stereocenters. The average Bonchev–Trinajstić information content (AvgIpc) is 3.58. The van der Waals surface area contributed by atoms with E-state index in [-0.39, 0.29) is 24.5 Å². The van der Waals surface area contributed by atoms with Crippen LogP contribution in [0, 0.1) is 0 Å². The summed E-state index contributed by atoms with van der Waals surface area (Å²) in [6, 6.07) is 24.9. The third-order valence-electron chi connectivity index (χ3n) is 7.54. The lowest BCUT2D eigenvalue weighted by Crippen LogP contribution is -2.67. The lowest BCUT2D eigenvalue weighted by molar-refractivity contribution is -0.149. The molecule has 3 heterocycles. The first-order valence-electron chi connectivity index (χ1n) is 13.0. The highest BCUT2D eigenvalue weighted by atomic mass is 16.4. The van der Waals surface area contributed by atoms with Crippen molar-refractivity contribution >= 4 is 41.3 Å². The van der Waals surface area contributed by atoms with Gasteiger partial charge in [-0.25, -0.2) is 19.6 Å². The molecule has 0 spiro atoms. The van der Waals surface area contributed by atoms with Crippen LogP contribution in [0.4, 0.5) is 16.2 Å². The summed E-state index contributed by atoms with van der Waals surface area (Å²) in [5.74, 6) is -1.47. The van der Waals surface area contributed by atoms with Gasteiger partial charge >= 0.3 is 12.0 Å². The van der Waals surface area contributed by atoms with Crippen LogP contribution in [-0.2, 0) is 9.59 Å². The predicted molar refractivity (Wildman–Crippen MR) is 147 cm³/mol. The van der Waals surface area contributed by atoms with Crippen LogP contribution in [0.2, 0.25) is 0 Å². The number of rotatable bonds is 5. The van der Waals surface area contributed by atoms with E-state index < -0.39 is 30.0 Å². The van der Waals surface area contributed by atoms with E-state index >= 15 is 0 Å². The number of amides is 3. The zero-order valence-electron chi connectivity index (χ0n) is 21.1. The summed E-state index contributed by atoms with van der Waals surface area (Å²) >= 11 is 0. The fraction of sp³-hybridized carbons (Fsp3) is 0.233. The van der Waals surface area contributed by atoms with Crippen molar-refractivity contribution in [1.82, 2.24) is 9.80 Å². The monoisotopic (exact) mass is 521 g/mol. The molecule has 196 valence electrons. The number of carbonyl (C=O) groups excluding carboxylic acids is 2. The third-order valence-corrected chi connectivity index (χ3v) is 7.54. The number of aliphatic imine (C=N–C) groups is 2. The molecule has 0 aromatic heterocycles. The van der Waals surface area contributed by atoms with Gasteiger partial charge in [0.1, 0.15) is 6.04 Å². The van der Waals surface area contributed by atoms with Crippen molar-refractivity contribution in [3.8, 4) is 0 Å². The van der Waals surface area contributed by atoms with E-state index in [9.17, 15) is 19.5 Å². The van der Waals surface area contributed by atoms with Gasteiger partial charge in [0, 0.05) is 12.8 Å². The van der Waals surface area contributed by atoms with Crippen molar-refractivity contribution in [3.63, 3.8) is 0 Å². The smallest absolute Gasteiger partial charge is 0.329 e. The zero-order valence-corrected chi connectivity index (χ0v) is 21.1. The van der Waals surface area contributed by atoms with Crippen molar-refractivity contribution < 1.29 is 19.5 Å². The van der Waals surface area contributed by atoms with Gasteiger partial charge in [0.25, 0.3) is 5.91 Å². The summed E-state index contributed by atoms with van der Waals surface area (Å²) in [6.45, 7) is 0.104. The highest BCUT2D eigenvalue weighted by Crippen LogP contribution is 2.37. The van der Waals surface area contributed by atoms with Crippen LogP contribution >= 0.6 is 0 Å². The number of carboxylic acids is 1. The molecule has 9 nitrogen and oxygen atoms in total. The van der Waals surface area contributed by atoms with Gasteiger partial charge < -0.3 is 14.9 Å². The number of carboxylic acid groups (broad SMARTS) is 1. The fourth-order valence-electron chi connectivity index (χ4n) is 5.79. The number of nitrogens with zero attached hydrogens (tertiary/aromatic N) is 5. The lowest BCUT2D eigenvalue weighted by atomic mass is 10.0. The van der Waals surface area contributed by atoms with Gasteiger partial charge in [-0.2, -0.15) is 0 Å². The molecule has 3 aliphatic heterocycles. The molecule has 3 aromatic carbocycles. The van der Waals surface area contributed by atoms with E-state index in [4.69, 9.17) is 0 Å². The Balaban J connectivity index is 1.30. The predicted octanol–water partition coefficient (Wildman–Crippen LogP) is 4.30. The van der Waals surface area contributed by atoms with Crippen LogP contribution < -0.4 is 4.90 Å². The number of amidine groups is 1. The van der Waals surface area contributed by atoms with E-state index in [0.717, 1.165) is 5.56 Å². The summed E-state index contributed by atoms with van der Waals surface area (Å²) in [4.78, 5) is 53.8. The Hall–Kier alpha value is -4.79. The van der Waals surface area contributed by atoms with E-state index in [0.29, 0.717) is 24.2 Å². The van der Waals surface area contributed by atoms with Gasteiger partial charge in [0.15, 0.2) is 6.04 Å². The Labute approximate surface area is 225 Å². The number of carbonyl (C=O) groups is 3. The molecule has 3 aliphatic rings. The van der Waals surface area contributed by atoms with E-state index in [2.05, 4.69) is 9.98 Å². The lowest BCUT2D eigenvalue weighted by Gasteiger charge is -2.46. The molecule has 2 unspecified atom stereocenters. The van der Waals surface area contributed by atoms with Crippen molar-refractivity contribution in [3.05, 3.63) is 96.6 Å². The van der Waals surface area contributed by atoms with Crippen molar-refractivity contribution in [2.24, 2.45) is 9.98 Å². The molecular weight excluding hydrogens is 494 g/mol. The summed E-state index contributed by atoms with van der Waals surface area (Å²) in [5, 5.41) is 10.3. The van der Waals surface area contributed by atoms with Gasteiger partial charge in [0.05, 0.1) is 23.5 Å². The topological polar surface area (TPSA) is 106 Å². The Bertz CT molecular complexity index is 1400. The van der Waals surface area contributed by atoms with Gasteiger partial charge in [-0.1, -0.05) is 66.7 Å². The summed E-state index contributed by atoms with van der Waals surface area (Å²) in [6.07, 6.45) is 2.71. The van der Waals surface area contributed by atoms with Crippen molar-refractivity contribution in [2.75, 3.05) is 11.4 Å². The molecule has 0 saturated carbocycles. The zero-order chi connectivity index (χ0) is 26.9. The van der Waals surface area contributed by atoms with E-state index in [1.165, 1.54) is 9.80 Å². The van der Waals surface area contributed by atoms with E-state index in [1.54, 1.807) is 11.1 Å². The van der Waals surface area contributed by atoms with Gasteiger partial charge in [-0.3, -0.25) is 9.69 Å². The molecule has 9 heteroatoms. The molecule has 2 fully saturated rings. The molecule has 6 rings (SSSR count). The number of likely N-dealkylation sites (tertiary alicyclic amines) is 1. The van der Waals surface area contributed by atoms with Crippen LogP contribution in [0.1, 0.15) is 24.4 Å². The first kappa shape index (κ1) is 24.5. The Morgan fingerprint density at radius 3 is 2.00 bits per heavy atom. The molecule has 3 aromatic rings. The minimum atomic E-state index is -1.20. The first-order chi connectivity index (χ1) is 19.0. The Kier molecular flexibility index (Phi) is 6.40. The van der Waals surface area contributed by atoms with Gasteiger partial charge in [0.2, 0.25) is 5.84 Å². The number of hydrogen-bond donors (Lipinski definition) is 1. The highest BCUT2D eigenvalue weighted by molar-refractivity contribution is 6.40. The van der Waals surface area contributed by atoms with Gasteiger partial charge in [-0.15, -0.1) is 0 Å². The van der Waals surface area contributed by atoms with Crippen LogP contribution in [0.5, 0.6) is 0 Å². The number of anilines is 2.